The van der Waals surface area contributed by atoms with Gasteiger partial charge in [-0.1, -0.05) is 75.8 Å². The van der Waals surface area contributed by atoms with Crippen molar-refractivity contribution in [1.29, 1.82) is 0 Å². The third kappa shape index (κ3) is 17.7. The maximum Gasteiger partial charge on any atom is 0.315 e. The molecule has 1 aromatic carbocycles. The van der Waals surface area contributed by atoms with Gasteiger partial charge in [-0.25, -0.2) is 22.9 Å². The molecule has 0 saturated heterocycles. The molecule has 1 saturated carbocycles. The van der Waals surface area contributed by atoms with Crippen molar-refractivity contribution in [2.45, 2.75) is 121 Å². The Morgan fingerprint density at radius 3 is 2.31 bits per heavy atom. The largest absolute Gasteiger partial charge is 0.392 e. The first-order valence-corrected chi connectivity index (χ1v) is 21.1. The molecule has 4 amide bonds. The van der Waals surface area contributed by atoms with Crippen molar-refractivity contribution in [2.24, 2.45) is 5.92 Å². The molecule has 0 aliphatic heterocycles. The number of nitrogens with one attached hydrogen (secondary N) is 6. The van der Waals surface area contributed by atoms with Crippen molar-refractivity contribution >= 4 is 27.9 Å². The number of imidazole rings is 1. The van der Waals surface area contributed by atoms with Crippen LogP contribution in [0.5, 0.6) is 0 Å². The highest BCUT2D eigenvalue weighted by Gasteiger charge is 2.33. The molecule has 16 heteroatoms. The van der Waals surface area contributed by atoms with Gasteiger partial charge in [0.25, 0.3) is 0 Å². The van der Waals surface area contributed by atoms with E-state index in [9.17, 15) is 33.0 Å². The fourth-order valence-corrected chi connectivity index (χ4v) is 7.89. The Balaban J connectivity index is 1.75. The summed E-state index contributed by atoms with van der Waals surface area (Å²) in [6.07, 6.45) is 9.46. The number of rotatable bonds is 25. The van der Waals surface area contributed by atoms with Crippen LogP contribution in [0, 0.1) is 5.92 Å². The summed E-state index contributed by atoms with van der Waals surface area (Å²) in [6.45, 7) is 2.90. The summed E-state index contributed by atoms with van der Waals surface area (Å²) in [4.78, 5) is 50.3. The van der Waals surface area contributed by atoms with Crippen LogP contribution in [0.4, 0.5) is 4.79 Å². The summed E-state index contributed by atoms with van der Waals surface area (Å²) >= 11 is 0. The summed E-state index contributed by atoms with van der Waals surface area (Å²) in [5, 5.41) is 33.6. The normalized spacial score (nSPS) is 16.6. The number of benzene rings is 1. The molecule has 0 bridgehead atoms. The van der Waals surface area contributed by atoms with Crippen LogP contribution < -0.4 is 26.0 Å². The molecular weight excluding hydrogens is 713 g/mol. The first kappa shape index (κ1) is 44.8. The van der Waals surface area contributed by atoms with Gasteiger partial charge in [0.2, 0.25) is 21.8 Å². The number of urea groups is 1. The summed E-state index contributed by atoms with van der Waals surface area (Å²) in [6, 6.07) is 5.91. The molecule has 1 heterocycles. The molecule has 3 rings (SSSR count). The first-order chi connectivity index (χ1) is 25.8. The van der Waals surface area contributed by atoms with E-state index >= 15 is 0 Å². The Kier molecular flexibility index (Phi) is 20.0. The Labute approximate surface area is 321 Å². The zero-order valence-corrected chi connectivity index (χ0v) is 33.1. The quantitative estimate of drug-likeness (QED) is 0.0691. The van der Waals surface area contributed by atoms with Gasteiger partial charge >= 0.3 is 6.03 Å². The first-order valence-electron chi connectivity index (χ1n) is 19.5. The molecule has 0 radical (unpaired) electrons. The molecular formula is C38H64N8O7S. The molecule has 2 aromatic rings. The molecule has 15 nitrogen and oxygen atoms in total. The van der Waals surface area contributed by atoms with E-state index in [-0.39, 0.29) is 37.5 Å². The van der Waals surface area contributed by atoms with Gasteiger partial charge in [-0.3, -0.25) is 9.59 Å². The van der Waals surface area contributed by atoms with E-state index in [1.807, 2.05) is 44.4 Å². The smallest absolute Gasteiger partial charge is 0.315 e. The minimum atomic E-state index is -3.56. The number of carbonyl (C=O) groups is 3. The minimum absolute atomic E-state index is 0.0584. The van der Waals surface area contributed by atoms with Crippen LogP contribution in [0.3, 0.4) is 0 Å². The Morgan fingerprint density at radius 1 is 0.944 bits per heavy atom. The number of aliphatic hydroxyl groups is 2. The molecule has 0 unspecified atom stereocenters. The van der Waals surface area contributed by atoms with Crippen LogP contribution in [0.15, 0.2) is 42.9 Å². The van der Waals surface area contributed by atoms with Gasteiger partial charge in [-0.2, -0.15) is 0 Å². The number of aromatic amines is 1. The number of hydrogen-bond acceptors (Lipinski definition) is 9. The van der Waals surface area contributed by atoms with Gasteiger partial charge in [0.15, 0.2) is 0 Å². The number of carbonyl (C=O) groups excluding carboxylic acids is 3. The van der Waals surface area contributed by atoms with Crippen LogP contribution in [-0.2, 0) is 32.5 Å². The highest BCUT2D eigenvalue weighted by atomic mass is 32.2. The Hall–Kier alpha value is -3.57. The average Bonchev–Trinajstić information content (AvgIpc) is 3.65. The second kappa shape index (κ2) is 24.1. The second-order valence-electron chi connectivity index (χ2n) is 14.8. The number of H-pyrrole nitrogens is 1. The summed E-state index contributed by atoms with van der Waals surface area (Å²) in [7, 11) is 0.476. The molecule has 54 heavy (non-hydrogen) atoms. The van der Waals surface area contributed by atoms with Gasteiger partial charge < -0.3 is 41.4 Å². The number of sulfonamides is 1. The molecule has 8 N–H and O–H groups in total. The molecule has 0 spiro atoms. The lowest BCUT2D eigenvalue weighted by atomic mass is 9.83. The van der Waals surface area contributed by atoms with Crippen molar-refractivity contribution < 1.29 is 33.0 Å². The molecule has 1 aliphatic rings. The predicted octanol–water partition coefficient (Wildman–Crippen LogP) is 1.98. The van der Waals surface area contributed by atoms with Gasteiger partial charge in [-0.05, 0) is 57.8 Å². The second-order valence-corrected chi connectivity index (χ2v) is 16.8. The third-order valence-corrected chi connectivity index (χ3v) is 11.3. The standard InChI is InChI=1S/C38H64N8O7S/c1-4-20-54(52,53)42-26-31(47)24-35(48)32(21-28-14-8-5-9-15-28)43-37(50)34(23-30-25-39-27-41-30)44-36(49)33(22-29-16-10-6-11-17-29)45-38(51)40-18-12-7-13-19-46(2)3/h6,10-11,16-17,25,27-28,31-35,42,47-48H,4-5,7-9,12-15,18-24,26H2,1-3H3,(H,39,41)(H,43,50)(H,44,49)(H2,40,45,51)/t31-,32-,33-,34-,35-/m0/s1. The monoisotopic (exact) mass is 776 g/mol. The molecule has 304 valence electrons. The lowest BCUT2D eigenvalue weighted by Crippen LogP contribution is -2.58. The lowest BCUT2D eigenvalue weighted by Gasteiger charge is -2.32. The number of nitrogens with zero attached hydrogens (tertiary/aromatic N) is 2. The van der Waals surface area contributed by atoms with Crippen LogP contribution >= 0.6 is 0 Å². The number of unbranched alkanes of at least 4 members (excludes halogenated alkanes) is 2. The fraction of sp³-hybridized carbons (Fsp3) is 0.684. The zero-order valence-electron chi connectivity index (χ0n) is 32.3. The summed E-state index contributed by atoms with van der Waals surface area (Å²) in [5.41, 5.74) is 1.41. The average molecular weight is 777 g/mol. The van der Waals surface area contributed by atoms with Crippen LogP contribution in [0.1, 0.15) is 88.8 Å². The zero-order chi connectivity index (χ0) is 39.3. The molecule has 1 aliphatic carbocycles. The molecule has 1 fully saturated rings. The van der Waals surface area contributed by atoms with E-state index in [2.05, 4.69) is 40.9 Å². The number of amides is 4. The Bertz CT molecular complexity index is 1470. The van der Waals surface area contributed by atoms with E-state index in [0.717, 1.165) is 63.5 Å². The fourth-order valence-electron chi connectivity index (χ4n) is 6.77. The van der Waals surface area contributed by atoms with Crippen molar-refractivity contribution in [3.8, 4) is 0 Å². The number of aromatic nitrogens is 2. The highest BCUT2D eigenvalue weighted by Crippen LogP contribution is 2.28. The maximum absolute atomic E-state index is 14.1. The van der Waals surface area contributed by atoms with Gasteiger partial charge in [0.05, 0.1) is 30.3 Å². The van der Waals surface area contributed by atoms with E-state index < -0.39 is 58.2 Å². The van der Waals surface area contributed by atoms with Crippen molar-refractivity contribution in [2.75, 3.05) is 39.5 Å². The number of aliphatic hydroxyl groups excluding tert-OH is 2. The van der Waals surface area contributed by atoms with Gasteiger partial charge in [-0.15, -0.1) is 0 Å². The van der Waals surface area contributed by atoms with Gasteiger partial charge in [0, 0.05) is 44.2 Å². The van der Waals surface area contributed by atoms with Crippen molar-refractivity contribution in [3.05, 3.63) is 54.1 Å². The predicted molar refractivity (Wildman–Crippen MR) is 209 cm³/mol. The van der Waals surface area contributed by atoms with Crippen LogP contribution in [0.2, 0.25) is 0 Å². The Morgan fingerprint density at radius 2 is 1.65 bits per heavy atom. The maximum atomic E-state index is 14.1. The SMILES string of the molecule is CCCS(=O)(=O)NC[C@@H](O)C[C@H](O)[C@H](CC1CCCCC1)NC(=O)[C@H](Cc1cnc[nH]1)NC(=O)[C@H](Cc1ccccc1)NC(=O)NCCCCCN(C)C. The number of hydrogen-bond donors (Lipinski definition) is 8. The topological polar surface area (TPSA) is 218 Å². The van der Waals surface area contributed by atoms with E-state index in [1.54, 1.807) is 13.1 Å². The summed E-state index contributed by atoms with van der Waals surface area (Å²) in [5.74, 6) is -0.934. The van der Waals surface area contributed by atoms with Crippen molar-refractivity contribution in [1.82, 2.24) is 40.9 Å². The highest BCUT2D eigenvalue weighted by molar-refractivity contribution is 7.89. The molecule has 1 aromatic heterocycles. The van der Waals surface area contributed by atoms with E-state index in [4.69, 9.17) is 0 Å². The van der Waals surface area contributed by atoms with Gasteiger partial charge in [0.1, 0.15) is 12.1 Å². The van der Waals surface area contributed by atoms with Crippen molar-refractivity contribution in [3.63, 3.8) is 0 Å². The lowest BCUT2D eigenvalue weighted by molar-refractivity contribution is -0.131. The van der Waals surface area contributed by atoms with E-state index in [0.29, 0.717) is 25.1 Å². The minimum Gasteiger partial charge on any atom is -0.392 e. The molecule has 5 atom stereocenters. The van der Waals surface area contributed by atoms with E-state index in [1.165, 1.54) is 6.33 Å². The summed E-state index contributed by atoms with van der Waals surface area (Å²) < 4.78 is 26.7. The van der Waals surface area contributed by atoms with Crippen LogP contribution in [-0.4, -0.2) is 121 Å². The third-order valence-electron chi connectivity index (χ3n) is 9.71. The van der Waals surface area contributed by atoms with Crippen LogP contribution in [0.25, 0.3) is 0 Å².